The van der Waals surface area contributed by atoms with E-state index in [1.165, 1.54) is 5.69 Å². The largest absolute Gasteiger partial charge is 0.381 e. The molecule has 4 heteroatoms. The second-order valence-corrected chi connectivity index (χ2v) is 4.51. The third-order valence-electron chi connectivity index (χ3n) is 3.45. The molecule has 90 valence electrons. The van der Waals surface area contributed by atoms with Gasteiger partial charge in [-0.25, -0.2) is 0 Å². The number of hydrogen-bond acceptors (Lipinski definition) is 3. The van der Waals surface area contributed by atoms with Gasteiger partial charge in [0.2, 0.25) is 0 Å². The molecule has 0 amide bonds. The predicted molar refractivity (Wildman–Crippen MR) is 63.5 cm³/mol. The van der Waals surface area contributed by atoms with Crippen molar-refractivity contribution in [3.8, 4) is 0 Å². The Kier molecular flexibility index (Phi) is 3.61. The van der Waals surface area contributed by atoms with Gasteiger partial charge < -0.3 is 10.1 Å². The molecule has 0 bridgehead atoms. The maximum Gasteiger partial charge on any atom is 0.0793 e. The lowest BCUT2D eigenvalue weighted by atomic mass is 9.96. The first-order chi connectivity index (χ1) is 7.72. The summed E-state index contributed by atoms with van der Waals surface area (Å²) >= 11 is 0. The molecule has 1 unspecified atom stereocenters. The molecular weight excluding hydrogens is 202 g/mol. The monoisotopic (exact) mass is 223 g/mol. The molecule has 2 rings (SSSR count). The zero-order chi connectivity index (χ0) is 11.5. The molecule has 1 aliphatic rings. The highest BCUT2D eigenvalue weighted by molar-refractivity contribution is 5.17. The zero-order valence-electron chi connectivity index (χ0n) is 10.4. The van der Waals surface area contributed by atoms with Crippen molar-refractivity contribution in [1.29, 1.82) is 0 Å². The summed E-state index contributed by atoms with van der Waals surface area (Å²) in [6, 6.07) is 2.55. The highest BCUT2D eigenvalue weighted by Crippen LogP contribution is 2.28. The molecule has 0 radical (unpaired) electrons. The second-order valence-electron chi connectivity index (χ2n) is 4.51. The average molecular weight is 223 g/mol. The maximum absolute atomic E-state index is 5.39. The molecule has 1 aromatic rings. The first-order valence-corrected chi connectivity index (χ1v) is 6.01. The van der Waals surface area contributed by atoms with Gasteiger partial charge in [0.05, 0.1) is 5.69 Å². The summed E-state index contributed by atoms with van der Waals surface area (Å²) in [5.74, 6) is 0.615. The van der Waals surface area contributed by atoms with Gasteiger partial charge in [-0.3, -0.25) is 4.68 Å². The molecule has 1 fully saturated rings. The van der Waals surface area contributed by atoms with Crippen LogP contribution in [0.4, 0.5) is 0 Å². The van der Waals surface area contributed by atoms with Crippen LogP contribution in [0.3, 0.4) is 0 Å². The lowest BCUT2D eigenvalue weighted by molar-refractivity contribution is 0.0837. The van der Waals surface area contributed by atoms with E-state index in [2.05, 4.69) is 23.4 Å². The van der Waals surface area contributed by atoms with E-state index in [1.54, 1.807) is 0 Å². The number of aryl methyl sites for hydroxylation is 1. The summed E-state index contributed by atoms with van der Waals surface area (Å²) in [5, 5.41) is 7.79. The second kappa shape index (κ2) is 4.97. The minimum atomic E-state index is 0.319. The number of hydrogen-bond donors (Lipinski definition) is 1. The van der Waals surface area contributed by atoms with Crippen molar-refractivity contribution in [2.45, 2.75) is 31.7 Å². The molecule has 2 heterocycles. The normalized spacial score (nSPS) is 19.9. The van der Waals surface area contributed by atoms with Gasteiger partial charge in [0, 0.05) is 37.9 Å². The van der Waals surface area contributed by atoms with Crippen LogP contribution in [0.1, 0.15) is 43.1 Å². The summed E-state index contributed by atoms with van der Waals surface area (Å²) < 4.78 is 7.42. The SMILES string of the molecule is CNC(C)c1cc(C2CCOCC2)n(C)n1. The lowest BCUT2D eigenvalue weighted by Crippen LogP contribution is -2.16. The van der Waals surface area contributed by atoms with Crippen molar-refractivity contribution in [2.24, 2.45) is 7.05 Å². The minimum absolute atomic E-state index is 0.319. The average Bonchev–Trinajstić information content (AvgIpc) is 2.71. The van der Waals surface area contributed by atoms with Crippen LogP contribution in [0.15, 0.2) is 6.07 Å². The Morgan fingerprint density at radius 3 is 2.81 bits per heavy atom. The van der Waals surface area contributed by atoms with Crippen molar-refractivity contribution in [3.05, 3.63) is 17.5 Å². The van der Waals surface area contributed by atoms with Gasteiger partial charge in [0.1, 0.15) is 0 Å². The smallest absolute Gasteiger partial charge is 0.0793 e. The van der Waals surface area contributed by atoms with Gasteiger partial charge in [-0.05, 0) is 32.9 Å². The Hall–Kier alpha value is -0.870. The number of nitrogens with one attached hydrogen (secondary N) is 1. The molecule has 16 heavy (non-hydrogen) atoms. The van der Waals surface area contributed by atoms with E-state index in [0.29, 0.717) is 12.0 Å². The van der Waals surface area contributed by atoms with Crippen molar-refractivity contribution in [2.75, 3.05) is 20.3 Å². The van der Waals surface area contributed by atoms with E-state index in [-0.39, 0.29) is 0 Å². The topological polar surface area (TPSA) is 39.1 Å². The first kappa shape index (κ1) is 11.6. The van der Waals surface area contributed by atoms with Crippen molar-refractivity contribution in [3.63, 3.8) is 0 Å². The zero-order valence-corrected chi connectivity index (χ0v) is 10.4. The van der Waals surface area contributed by atoms with Crippen molar-refractivity contribution in [1.82, 2.24) is 15.1 Å². The van der Waals surface area contributed by atoms with Crippen LogP contribution >= 0.6 is 0 Å². The molecule has 0 saturated carbocycles. The summed E-state index contributed by atoms with van der Waals surface area (Å²) in [6.07, 6.45) is 2.24. The Bertz CT molecular complexity index is 342. The van der Waals surface area contributed by atoms with E-state index in [4.69, 9.17) is 4.74 Å². The minimum Gasteiger partial charge on any atom is -0.381 e. The van der Waals surface area contributed by atoms with Crippen molar-refractivity contribution >= 4 is 0 Å². The Morgan fingerprint density at radius 2 is 2.19 bits per heavy atom. The number of rotatable bonds is 3. The molecule has 4 nitrogen and oxygen atoms in total. The fourth-order valence-corrected chi connectivity index (χ4v) is 2.24. The highest BCUT2D eigenvalue weighted by atomic mass is 16.5. The van der Waals surface area contributed by atoms with Gasteiger partial charge in [-0.2, -0.15) is 5.10 Å². The molecule has 1 saturated heterocycles. The van der Waals surface area contributed by atoms with E-state index in [1.807, 2.05) is 18.8 Å². The molecule has 1 N–H and O–H groups in total. The van der Waals surface area contributed by atoms with E-state index < -0.39 is 0 Å². The van der Waals surface area contributed by atoms with Crippen LogP contribution in [0, 0.1) is 0 Å². The Balaban J connectivity index is 2.17. The van der Waals surface area contributed by atoms with Crippen LogP contribution in [0.2, 0.25) is 0 Å². The van der Waals surface area contributed by atoms with Gasteiger partial charge in [-0.15, -0.1) is 0 Å². The van der Waals surface area contributed by atoms with Gasteiger partial charge in [0.15, 0.2) is 0 Å². The van der Waals surface area contributed by atoms with Crippen LogP contribution in [0.5, 0.6) is 0 Å². The molecule has 1 aromatic heterocycles. The molecular formula is C12H21N3O. The number of aromatic nitrogens is 2. The Labute approximate surface area is 97.0 Å². The van der Waals surface area contributed by atoms with Crippen LogP contribution in [-0.2, 0) is 11.8 Å². The van der Waals surface area contributed by atoms with E-state index >= 15 is 0 Å². The molecule has 0 aliphatic carbocycles. The highest BCUT2D eigenvalue weighted by Gasteiger charge is 2.21. The fraction of sp³-hybridized carbons (Fsp3) is 0.750. The molecule has 0 spiro atoms. The van der Waals surface area contributed by atoms with Crippen LogP contribution in [-0.4, -0.2) is 30.0 Å². The molecule has 0 aromatic carbocycles. The number of nitrogens with zero attached hydrogens (tertiary/aromatic N) is 2. The van der Waals surface area contributed by atoms with Crippen LogP contribution in [0.25, 0.3) is 0 Å². The summed E-state index contributed by atoms with van der Waals surface area (Å²) in [7, 11) is 4.00. The molecule has 1 aliphatic heterocycles. The fourth-order valence-electron chi connectivity index (χ4n) is 2.24. The lowest BCUT2D eigenvalue weighted by Gasteiger charge is -2.21. The Morgan fingerprint density at radius 1 is 1.50 bits per heavy atom. The first-order valence-electron chi connectivity index (χ1n) is 6.01. The van der Waals surface area contributed by atoms with E-state index in [0.717, 1.165) is 31.7 Å². The third-order valence-corrected chi connectivity index (χ3v) is 3.45. The number of ether oxygens (including phenoxy) is 1. The molecule has 1 atom stereocenters. The van der Waals surface area contributed by atoms with Crippen LogP contribution < -0.4 is 5.32 Å². The summed E-state index contributed by atoms with van der Waals surface area (Å²) in [5.41, 5.74) is 2.48. The quantitative estimate of drug-likeness (QED) is 0.846. The predicted octanol–water partition coefficient (Wildman–Crippen LogP) is 1.59. The van der Waals surface area contributed by atoms with Gasteiger partial charge >= 0.3 is 0 Å². The summed E-state index contributed by atoms with van der Waals surface area (Å²) in [6.45, 7) is 3.90. The van der Waals surface area contributed by atoms with Gasteiger partial charge in [-0.1, -0.05) is 0 Å². The standard InChI is InChI=1S/C12H21N3O/c1-9(13-2)11-8-12(15(3)14-11)10-4-6-16-7-5-10/h8-10,13H,4-7H2,1-3H3. The third kappa shape index (κ3) is 2.28. The maximum atomic E-state index is 5.39. The summed E-state index contributed by atoms with van der Waals surface area (Å²) in [4.78, 5) is 0. The van der Waals surface area contributed by atoms with E-state index in [9.17, 15) is 0 Å². The van der Waals surface area contributed by atoms with Crippen molar-refractivity contribution < 1.29 is 4.74 Å². The van der Waals surface area contributed by atoms with Gasteiger partial charge in [0.25, 0.3) is 0 Å².